The summed E-state index contributed by atoms with van der Waals surface area (Å²) in [6, 6.07) is 30.7. The number of hydrogen-bond acceptors (Lipinski definition) is 4. The predicted molar refractivity (Wildman–Crippen MR) is 176 cm³/mol. The Hall–Kier alpha value is -4.14. The minimum absolute atomic E-state index is 0.0216. The number of halogens is 1. The number of nitrogens with one attached hydrogen (secondary N) is 1. The zero-order chi connectivity index (χ0) is 31.7. The largest absolute Gasteiger partial charge is 0.354 e. The van der Waals surface area contributed by atoms with Gasteiger partial charge in [0, 0.05) is 19.5 Å². The van der Waals surface area contributed by atoms with Crippen LogP contribution in [0.15, 0.2) is 114 Å². The number of carbonyl (C=O) groups is 2. The van der Waals surface area contributed by atoms with Crippen LogP contribution in [0.3, 0.4) is 0 Å². The molecule has 0 aromatic heterocycles. The van der Waals surface area contributed by atoms with Crippen molar-refractivity contribution in [1.82, 2.24) is 10.2 Å². The zero-order valence-corrected chi connectivity index (χ0v) is 26.8. The molecule has 0 saturated carbocycles. The van der Waals surface area contributed by atoms with Gasteiger partial charge in [-0.05, 0) is 48.2 Å². The Kier molecular flexibility index (Phi) is 11.2. The predicted octanol–water partition coefficient (Wildman–Crippen LogP) is 6.26. The molecule has 0 bridgehead atoms. The van der Waals surface area contributed by atoms with E-state index >= 15 is 0 Å². The first-order valence-corrected chi connectivity index (χ1v) is 16.4. The van der Waals surface area contributed by atoms with E-state index in [0.717, 1.165) is 21.0 Å². The quantitative estimate of drug-likeness (QED) is 0.189. The van der Waals surface area contributed by atoms with Crippen LogP contribution in [0.5, 0.6) is 0 Å². The van der Waals surface area contributed by atoms with Crippen molar-refractivity contribution < 1.29 is 18.0 Å². The highest BCUT2D eigenvalue weighted by Crippen LogP contribution is 2.31. The summed E-state index contributed by atoms with van der Waals surface area (Å²) in [7, 11) is -4.21. The first-order chi connectivity index (χ1) is 21.1. The molecule has 230 valence electrons. The zero-order valence-electron chi connectivity index (χ0n) is 25.2. The van der Waals surface area contributed by atoms with E-state index in [1.165, 1.54) is 17.0 Å². The molecule has 4 aromatic rings. The van der Waals surface area contributed by atoms with Gasteiger partial charge in [0.2, 0.25) is 11.8 Å². The summed E-state index contributed by atoms with van der Waals surface area (Å²) in [4.78, 5) is 29.8. The molecule has 0 heterocycles. The van der Waals surface area contributed by atoms with Crippen LogP contribution in [-0.4, -0.2) is 44.3 Å². The summed E-state index contributed by atoms with van der Waals surface area (Å²) in [6.45, 7) is 5.95. The molecule has 0 saturated heterocycles. The number of para-hydroxylation sites is 1. The standard InChI is InChI=1S/C35H38ClN3O4S/c1-26(2)23-37-35(41)33(22-28-12-6-4-7-13-28)38(24-29-20-18-27(3)19-21-29)34(40)25-39(32-17-11-10-16-31(32)36)44(42,43)30-14-8-5-9-15-30/h4-21,26,33H,22-25H2,1-3H3,(H,37,41). The minimum atomic E-state index is -4.21. The van der Waals surface area contributed by atoms with Gasteiger partial charge in [0.05, 0.1) is 15.6 Å². The summed E-state index contributed by atoms with van der Waals surface area (Å²) in [5, 5.41) is 3.18. The van der Waals surface area contributed by atoms with Gasteiger partial charge in [0.1, 0.15) is 12.6 Å². The van der Waals surface area contributed by atoms with Crippen LogP contribution in [0.4, 0.5) is 5.69 Å². The van der Waals surface area contributed by atoms with Crippen LogP contribution in [0, 0.1) is 12.8 Å². The lowest BCUT2D eigenvalue weighted by molar-refractivity contribution is -0.140. The molecule has 0 aliphatic heterocycles. The monoisotopic (exact) mass is 631 g/mol. The highest BCUT2D eigenvalue weighted by Gasteiger charge is 2.35. The third kappa shape index (κ3) is 8.49. The molecule has 44 heavy (non-hydrogen) atoms. The molecule has 0 aliphatic carbocycles. The summed E-state index contributed by atoms with van der Waals surface area (Å²) in [5.41, 5.74) is 2.92. The average Bonchev–Trinajstić information content (AvgIpc) is 3.02. The fourth-order valence-electron chi connectivity index (χ4n) is 4.75. The van der Waals surface area contributed by atoms with Crippen LogP contribution < -0.4 is 9.62 Å². The molecule has 2 amide bonds. The fraction of sp³-hybridized carbons (Fsp3) is 0.257. The van der Waals surface area contributed by atoms with Gasteiger partial charge in [-0.2, -0.15) is 0 Å². The number of carbonyl (C=O) groups excluding carboxylic acids is 2. The number of aryl methyl sites for hydroxylation is 1. The maximum atomic E-state index is 14.5. The number of amides is 2. The van der Waals surface area contributed by atoms with Crippen LogP contribution in [0.25, 0.3) is 0 Å². The molecular formula is C35H38ClN3O4S. The molecule has 0 fully saturated rings. The molecule has 1 N–H and O–H groups in total. The second kappa shape index (κ2) is 15.0. The number of anilines is 1. The van der Waals surface area contributed by atoms with Crippen molar-refractivity contribution in [2.45, 2.75) is 44.7 Å². The molecule has 4 aromatic carbocycles. The molecule has 0 spiro atoms. The van der Waals surface area contributed by atoms with Gasteiger partial charge < -0.3 is 10.2 Å². The number of hydrogen-bond donors (Lipinski definition) is 1. The second-order valence-electron chi connectivity index (χ2n) is 11.1. The van der Waals surface area contributed by atoms with Crippen molar-refractivity contribution in [1.29, 1.82) is 0 Å². The van der Waals surface area contributed by atoms with Crippen molar-refractivity contribution in [3.63, 3.8) is 0 Å². The van der Waals surface area contributed by atoms with Gasteiger partial charge in [-0.3, -0.25) is 13.9 Å². The molecular weight excluding hydrogens is 594 g/mol. The van der Waals surface area contributed by atoms with E-state index in [2.05, 4.69) is 5.32 Å². The Bertz CT molecular complexity index is 1650. The molecule has 9 heteroatoms. The van der Waals surface area contributed by atoms with Gasteiger partial charge in [0.15, 0.2) is 0 Å². The maximum absolute atomic E-state index is 14.5. The highest BCUT2D eigenvalue weighted by molar-refractivity contribution is 7.92. The normalized spacial score (nSPS) is 12.0. The number of nitrogens with zero attached hydrogens (tertiary/aromatic N) is 2. The average molecular weight is 632 g/mol. The van der Waals surface area contributed by atoms with E-state index in [4.69, 9.17) is 11.6 Å². The fourth-order valence-corrected chi connectivity index (χ4v) is 6.50. The SMILES string of the molecule is Cc1ccc(CN(C(=O)CN(c2ccccc2Cl)S(=O)(=O)c2ccccc2)C(Cc2ccccc2)C(=O)NCC(C)C)cc1. The molecule has 4 rings (SSSR count). The highest BCUT2D eigenvalue weighted by atomic mass is 35.5. The van der Waals surface area contributed by atoms with E-state index in [9.17, 15) is 18.0 Å². The van der Waals surface area contributed by atoms with Crippen LogP contribution in [0.2, 0.25) is 5.02 Å². The lowest BCUT2D eigenvalue weighted by Crippen LogP contribution is -2.53. The lowest BCUT2D eigenvalue weighted by atomic mass is 10.0. The van der Waals surface area contributed by atoms with Crippen molar-refractivity contribution >= 4 is 39.1 Å². The van der Waals surface area contributed by atoms with E-state index in [1.807, 2.05) is 75.4 Å². The number of benzene rings is 4. The minimum Gasteiger partial charge on any atom is -0.354 e. The van der Waals surface area contributed by atoms with Gasteiger partial charge in [-0.15, -0.1) is 0 Å². The molecule has 0 radical (unpaired) electrons. The molecule has 1 atom stereocenters. The lowest BCUT2D eigenvalue weighted by Gasteiger charge is -2.34. The maximum Gasteiger partial charge on any atom is 0.264 e. The summed E-state index contributed by atoms with van der Waals surface area (Å²) in [5.74, 6) is -0.645. The number of rotatable bonds is 13. The first-order valence-electron chi connectivity index (χ1n) is 14.5. The van der Waals surface area contributed by atoms with Crippen LogP contribution >= 0.6 is 11.6 Å². The molecule has 0 aliphatic rings. The van der Waals surface area contributed by atoms with E-state index in [1.54, 1.807) is 42.5 Å². The van der Waals surface area contributed by atoms with Crippen molar-refractivity contribution in [2.75, 3.05) is 17.4 Å². The number of sulfonamides is 1. The van der Waals surface area contributed by atoms with Crippen molar-refractivity contribution in [3.05, 3.63) is 131 Å². The van der Waals surface area contributed by atoms with Crippen molar-refractivity contribution in [2.24, 2.45) is 5.92 Å². The van der Waals surface area contributed by atoms with Crippen LogP contribution in [0.1, 0.15) is 30.5 Å². The Morgan fingerprint density at radius 3 is 2.00 bits per heavy atom. The molecule has 7 nitrogen and oxygen atoms in total. The molecule has 1 unspecified atom stereocenters. The summed E-state index contributed by atoms with van der Waals surface area (Å²) < 4.78 is 29.1. The van der Waals surface area contributed by atoms with E-state index in [-0.39, 0.29) is 40.4 Å². The second-order valence-corrected chi connectivity index (χ2v) is 13.4. The van der Waals surface area contributed by atoms with Gasteiger partial charge >= 0.3 is 0 Å². The topological polar surface area (TPSA) is 86.8 Å². The first kappa shape index (κ1) is 32.8. The summed E-state index contributed by atoms with van der Waals surface area (Å²) in [6.07, 6.45) is 0.250. The smallest absolute Gasteiger partial charge is 0.264 e. The van der Waals surface area contributed by atoms with Crippen LogP contribution in [-0.2, 0) is 32.6 Å². The Morgan fingerprint density at radius 2 is 1.39 bits per heavy atom. The van der Waals surface area contributed by atoms with Gasteiger partial charge in [-0.25, -0.2) is 8.42 Å². The Balaban J connectivity index is 1.79. The van der Waals surface area contributed by atoms with E-state index < -0.39 is 28.5 Å². The van der Waals surface area contributed by atoms with Gasteiger partial charge in [0.25, 0.3) is 10.0 Å². The Labute approximate surface area is 265 Å². The Morgan fingerprint density at radius 1 is 0.795 bits per heavy atom. The third-order valence-electron chi connectivity index (χ3n) is 7.16. The third-order valence-corrected chi connectivity index (χ3v) is 9.25. The summed E-state index contributed by atoms with van der Waals surface area (Å²) >= 11 is 6.52. The van der Waals surface area contributed by atoms with Crippen molar-refractivity contribution in [3.8, 4) is 0 Å². The van der Waals surface area contributed by atoms with Gasteiger partial charge in [-0.1, -0.05) is 116 Å². The van der Waals surface area contributed by atoms with E-state index in [0.29, 0.717) is 6.54 Å².